The minimum Gasteiger partial charge on any atom is -0.345 e. The van der Waals surface area contributed by atoms with Crippen LogP contribution in [0.5, 0.6) is 0 Å². The Labute approximate surface area is 129 Å². The lowest BCUT2D eigenvalue weighted by atomic mass is 10.1. The van der Waals surface area contributed by atoms with Gasteiger partial charge in [0.25, 0.3) is 5.91 Å². The molecule has 1 atom stereocenters. The highest BCUT2D eigenvalue weighted by molar-refractivity contribution is 7.11. The van der Waals surface area contributed by atoms with E-state index < -0.39 is 0 Å². The number of aromatic nitrogens is 1. The summed E-state index contributed by atoms with van der Waals surface area (Å²) in [4.78, 5) is 17.8. The molecule has 0 spiro atoms. The maximum absolute atomic E-state index is 12.3. The number of benzene rings is 1. The summed E-state index contributed by atoms with van der Waals surface area (Å²) in [6.07, 6.45) is 0.831. The molecule has 3 N–H and O–H groups in total. The number of nitrogens with zero attached hydrogens (tertiary/aromatic N) is 1. The van der Waals surface area contributed by atoms with E-state index in [0.717, 1.165) is 27.6 Å². The number of hydrogen-bond acceptors (Lipinski definition) is 4. The fourth-order valence-electron chi connectivity index (χ4n) is 2.28. The third-order valence-electron chi connectivity index (χ3n) is 3.33. The molecule has 0 bridgehead atoms. The number of thiazole rings is 1. The smallest absolute Gasteiger partial charge is 0.251 e. The van der Waals surface area contributed by atoms with Crippen LogP contribution in [0.4, 0.5) is 0 Å². The van der Waals surface area contributed by atoms with Gasteiger partial charge < -0.3 is 11.1 Å². The van der Waals surface area contributed by atoms with Crippen molar-refractivity contribution in [1.82, 2.24) is 10.3 Å². The molecule has 2 rings (SSSR count). The maximum Gasteiger partial charge on any atom is 0.251 e. The summed E-state index contributed by atoms with van der Waals surface area (Å²) in [6.45, 7) is 6.56. The van der Waals surface area contributed by atoms with Crippen LogP contribution < -0.4 is 11.1 Å². The standard InChI is InChI=1S/C16H21N3OS/c1-10-15(21-12(3)18-10)11(2)19-16(20)14-6-4-13(5-7-14)8-9-17/h4-7,11H,8-9,17H2,1-3H3,(H,19,20). The van der Waals surface area contributed by atoms with E-state index in [1.165, 1.54) is 0 Å². The van der Waals surface area contributed by atoms with Crippen molar-refractivity contribution in [3.63, 3.8) is 0 Å². The predicted molar refractivity (Wildman–Crippen MR) is 86.7 cm³/mol. The molecule has 4 nitrogen and oxygen atoms in total. The van der Waals surface area contributed by atoms with Crippen molar-refractivity contribution >= 4 is 17.2 Å². The molecule has 2 aromatic rings. The number of carbonyl (C=O) groups is 1. The van der Waals surface area contributed by atoms with E-state index in [4.69, 9.17) is 5.73 Å². The van der Waals surface area contributed by atoms with Crippen molar-refractivity contribution in [2.45, 2.75) is 33.2 Å². The molecule has 1 amide bonds. The van der Waals surface area contributed by atoms with Gasteiger partial charge in [0, 0.05) is 10.4 Å². The zero-order valence-corrected chi connectivity index (χ0v) is 13.5. The second kappa shape index (κ2) is 6.83. The first kappa shape index (κ1) is 15.7. The summed E-state index contributed by atoms with van der Waals surface area (Å²) in [6, 6.07) is 7.56. The fourth-order valence-corrected chi connectivity index (χ4v) is 3.21. The summed E-state index contributed by atoms with van der Waals surface area (Å²) in [7, 11) is 0. The first-order valence-corrected chi connectivity index (χ1v) is 7.86. The van der Waals surface area contributed by atoms with Crippen LogP contribution in [0, 0.1) is 13.8 Å². The van der Waals surface area contributed by atoms with Crippen LogP contribution in [-0.2, 0) is 6.42 Å². The Balaban J connectivity index is 2.05. The lowest BCUT2D eigenvalue weighted by Gasteiger charge is -2.13. The Hall–Kier alpha value is -1.72. The van der Waals surface area contributed by atoms with Crippen molar-refractivity contribution in [1.29, 1.82) is 0 Å². The van der Waals surface area contributed by atoms with Gasteiger partial charge in [-0.3, -0.25) is 4.79 Å². The van der Waals surface area contributed by atoms with Crippen LogP contribution in [-0.4, -0.2) is 17.4 Å². The summed E-state index contributed by atoms with van der Waals surface area (Å²) < 4.78 is 0. The minimum absolute atomic E-state index is 0.0348. The molecule has 1 aromatic heterocycles. The van der Waals surface area contributed by atoms with E-state index in [0.29, 0.717) is 12.1 Å². The first-order chi connectivity index (χ1) is 10.0. The molecular formula is C16H21N3OS. The van der Waals surface area contributed by atoms with E-state index in [1.54, 1.807) is 11.3 Å². The van der Waals surface area contributed by atoms with Gasteiger partial charge >= 0.3 is 0 Å². The number of aryl methyl sites for hydroxylation is 2. The highest BCUT2D eigenvalue weighted by Crippen LogP contribution is 2.24. The Morgan fingerprint density at radius 3 is 2.52 bits per heavy atom. The van der Waals surface area contributed by atoms with Crippen LogP contribution in [0.1, 0.15) is 44.5 Å². The van der Waals surface area contributed by atoms with Crippen LogP contribution in [0.15, 0.2) is 24.3 Å². The molecule has 0 radical (unpaired) electrons. The van der Waals surface area contributed by atoms with Crippen molar-refractivity contribution < 1.29 is 4.79 Å². The third-order valence-corrected chi connectivity index (χ3v) is 4.59. The normalized spacial score (nSPS) is 12.2. The number of nitrogens with two attached hydrogens (primary N) is 1. The average molecular weight is 303 g/mol. The molecule has 0 aliphatic carbocycles. The van der Waals surface area contributed by atoms with Gasteiger partial charge in [-0.1, -0.05) is 12.1 Å². The number of rotatable bonds is 5. The van der Waals surface area contributed by atoms with Crippen LogP contribution in [0.3, 0.4) is 0 Å². The summed E-state index contributed by atoms with van der Waals surface area (Å²) in [5.74, 6) is -0.0627. The molecular weight excluding hydrogens is 282 g/mol. The molecule has 0 aliphatic heterocycles. The highest BCUT2D eigenvalue weighted by Gasteiger charge is 2.16. The van der Waals surface area contributed by atoms with Crippen molar-refractivity contribution in [3.05, 3.63) is 51.0 Å². The van der Waals surface area contributed by atoms with Crippen molar-refractivity contribution in [2.24, 2.45) is 5.73 Å². The molecule has 1 heterocycles. The van der Waals surface area contributed by atoms with Gasteiger partial charge in [0.05, 0.1) is 16.7 Å². The quantitative estimate of drug-likeness (QED) is 0.892. The fraction of sp³-hybridized carbons (Fsp3) is 0.375. The molecule has 21 heavy (non-hydrogen) atoms. The van der Waals surface area contributed by atoms with E-state index in [-0.39, 0.29) is 11.9 Å². The third kappa shape index (κ3) is 3.89. The maximum atomic E-state index is 12.3. The second-order valence-corrected chi connectivity index (χ2v) is 6.35. The largest absolute Gasteiger partial charge is 0.345 e. The van der Waals surface area contributed by atoms with Crippen LogP contribution in [0.25, 0.3) is 0 Å². The number of hydrogen-bond donors (Lipinski definition) is 2. The summed E-state index contributed by atoms with van der Waals surface area (Å²) in [5, 5.41) is 4.05. The molecule has 0 aliphatic rings. The Morgan fingerprint density at radius 2 is 2.00 bits per heavy atom. The zero-order chi connectivity index (χ0) is 15.4. The lowest BCUT2D eigenvalue weighted by molar-refractivity contribution is 0.0940. The van der Waals surface area contributed by atoms with Gasteiger partial charge in [-0.05, 0) is 51.4 Å². The predicted octanol–water partition coefficient (Wildman–Crippen LogP) is 2.75. The van der Waals surface area contributed by atoms with Crippen molar-refractivity contribution in [3.8, 4) is 0 Å². The van der Waals surface area contributed by atoms with E-state index in [1.807, 2.05) is 45.0 Å². The zero-order valence-electron chi connectivity index (χ0n) is 12.6. The Kier molecular flexibility index (Phi) is 5.09. The lowest BCUT2D eigenvalue weighted by Crippen LogP contribution is -2.26. The SMILES string of the molecule is Cc1nc(C)c(C(C)NC(=O)c2ccc(CCN)cc2)s1. The molecule has 112 valence electrons. The number of carbonyl (C=O) groups excluding carboxylic acids is 1. The average Bonchev–Trinajstić information content (AvgIpc) is 2.79. The van der Waals surface area contributed by atoms with E-state index in [9.17, 15) is 4.79 Å². The van der Waals surface area contributed by atoms with Gasteiger partial charge in [-0.15, -0.1) is 11.3 Å². The number of nitrogens with one attached hydrogen (secondary N) is 1. The van der Waals surface area contributed by atoms with Gasteiger partial charge in [0.1, 0.15) is 0 Å². The van der Waals surface area contributed by atoms with Crippen LogP contribution >= 0.6 is 11.3 Å². The Bertz CT molecular complexity index is 619. The summed E-state index contributed by atoms with van der Waals surface area (Å²) >= 11 is 1.63. The molecule has 0 saturated carbocycles. The van der Waals surface area contributed by atoms with Crippen molar-refractivity contribution in [2.75, 3.05) is 6.54 Å². The van der Waals surface area contributed by atoms with E-state index in [2.05, 4.69) is 10.3 Å². The van der Waals surface area contributed by atoms with Gasteiger partial charge in [-0.25, -0.2) is 4.98 Å². The van der Waals surface area contributed by atoms with Gasteiger partial charge in [0.2, 0.25) is 0 Å². The molecule has 0 fully saturated rings. The minimum atomic E-state index is -0.0627. The van der Waals surface area contributed by atoms with Crippen LogP contribution in [0.2, 0.25) is 0 Å². The molecule has 1 aromatic carbocycles. The van der Waals surface area contributed by atoms with Gasteiger partial charge in [0.15, 0.2) is 0 Å². The topological polar surface area (TPSA) is 68.0 Å². The summed E-state index contributed by atoms with van der Waals surface area (Å²) in [5.41, 5.74) is 8.33. The number of amides is 1. The molecule has 0 saturated heterocycles. The van der Waals surface area contributed by atoms with Gasteiger partial charge in [-0.2, -0.15) is 0 Å². The highest BCUT2D eigenvalue weighted by atomic mass is 32.1. The van der Waals surface area contributed by atoms with E-state index >= 15 is 0 Å². The first-order valence-electron chi connectivity index (χ1n) is 7.05. The molecule has 1 unspecified atom stereocenters. The monoisotopic (exact) mass is 303 g/mol. The second-order valence-electron chi connectivity index (χ2n) is 5.11. The molecule has 5 heteroatoms. The Morgan fingerprint density at radius 1 is 1.33 bits per heavy atom.